The molecule has 1 aliphatic rings. The molecule has 3 heterocycles. The first kappa shape index (κ1) is 16.1. The van der Waals surface area contributed by atoms with Crippen molar-refractivity contribution >= 4 is 11.6 Å². The molecule has 3 aromatic rings. The van der Waals surface area contributed by atoms with Gasteiger partial charge in [-0.3, -0.25) is 9.36 Å². The van der Waals surface area contributed by atoms with Gasteiger partial charge in [0.15, 0.2) is 11.5 Å². The first-order valence-corrected chi connectivity index (χ1v) is 8.09. The van der Waals surface area contributed by atoms with Crippen molar-refractivity contribution in [3.05, 3.63) is 53.4 Å². The number of carbonyl (C=O) groups is 1. The Kier molecular flexibility index (Phi) is 3.80. The molecule has 8 heteroatoms. The molecule has 0 aliphatic carbocycles. The van der Waals surface area contributed by atoms with Gasteiger partial charge in [-0.1, -0.05) is 0 Å². The summed E-state index contributed by atoms with van der Waals surface area (Å²) >= 11 is 0. The molecule has 1 aliphatic heterocycles. The summed E-state index contributed by atoms with van der Waals surface area (Å²) in [5.41, 5.74) is 2.89. The minimum absolute atomic E-state index is 0.169. The number of nitrogens with one attached hydrogen (secondary N) is 1. The summed E-state index contributed by atoms with van der Waals surface area (Å²) in [4.78, 5) is 25.5. The zero-order chi connectivity index (χ0) is 18.3. The Balaban J connectivity index is 1.53. The predicted molar refractivity (Wildman–Crippen MR) is 93.9 cm³/mol. The summed E-state index contributed by atoms with van der Waals surface area (Å²) in [7, 11) is 0. The van der Waals surface area contributed by atoms with Gasteiger partial charge in [0.2, 0.25) is 12.7 Å². The fourth-order valence-corrected chi connectivity index (χ4v) is 2.82. The van der Waals surface area contributed by atoms with Crippen LogP contribution in [0.4, 0.5) is 5.69 Å². The first-order valence-electron chi connectivity index (χ1n) is 8.09. The topological polar surface area (TPSA) is 91.2 Å². The normalized spacial score (nSPS) is 12.3. The minimum atomic E-state index is -0.273. The summed E-state index contributed by atoms with van der Waals surface area (Å²) in [6, 6.07) is 5.04. The number of imidazole rings is 1. The van der Waals surface area contributed by atoms with Crippen molar-refractivity contribution in [2.45, 2.75) is 20.8 Å². The molecule has 8 nitrogen and oxygen atoms in total. The molecule has 132 valence electrons. The first-order chi connectivity index (χ1) is 12.5. The Morgan fingerprint density at radius 3 is 2.54 bits per heavy atom. The van der Waals surface area contributed by atoms with E-state index in [0.29, 0.717) is 28.7 Å². The van der Waals surface area contributed by atoms with E-state index in [4.69, 9.17) is 9.47 Å². The summed E-state index contributed by atoms with van der Waals surface area (Å²) in [5.74, 6) is 2.26. The van der Waals surface area contributed by atoms with Crippen LogP contribution in [0, 0.1) is 20.8 Å². The summed E-state index contributed by atoms with van der Waals surface area (Å²) < 4.78 is 12.4. The second-order valence-electron chi connectivity index (χ2n) is 5.96. The maximum absolute atomic E-state index is 12.4. The second kappa shape index (κ2) is 6.14. The van der Waals surface area contributed by atoms with Crippen LogP contribution in [-0.2, 0) is 0 Å². The van der Waals surface area contributed by atoms with Crippen LogP contribution in [0.5, 0.6) is 11.5 Å². The Bertz CT molecular complexity index is 995. The molecule has 1 N–H and O–H groups in total. The number of benzene rings is 1. The van der Waals surface area contributed by atoms with Gasteiger partial charge in [-0.2, -0.15) is 0 Å². The van der Waals surface area contributed by atoms with E-state index in [-0.39, 0.29) is 12.7 Å². The number of nitrogens with zero attached hydrogens (tertiary/aromatic N) is 4. The Morgan fingerprint density at radius 1 is 1.12 bits per heavy atom. The molecule has 0 saturated heterocycles. The monoisotopic (exact) mass is 351 g/mol. The van der Waals surface area contributed by atoms with Crippen LogP contribution in [-0.4, -0.2) is 32.2 Å². The van der Waals surface area contributed by atoms with Crippen LogP contribution in [0.1, 0.15) is 27.6 Å². The highest BCUT2D eigenvalue weighted by molar-refractivity contribution is 6.04. The zero-order valence-corrected chi connectivity index (χ0v) is 14.6. The van der Waals surface area contributed by atoms with Gasteiger partial charge in [0, 0.05) is 11.3 Å². The van der Waals surface area contributed by atoms with Crippen LogP contribution >= 0.6 is 0 Å². The number of hydrogen-bond donors (Lipinski definition) is 1. The largest absolute Gasteiger partial charge is 0.454 e. The van der Waals surface area contributed by atoms with E-state index in [2.05, 4.69) is 20.3 Å². The number of aromatic nitrogens is 4. The Hall–Kier alpha value is -3.42. The van der Waals surface area contributed by atoms with Crippen LogP contribution in [0.2, 0.25) is 0 Å². The lowest BCUT2D eigenvalue weighted by molar-refractivity contribution is 0.102. The highest BCUT2D eigenvalue weighted by Gasteiger charge is 2.17. The molecule has 0 fully saturated rings. The molecule has 1 amide bonds. The smallest absolute Gasteiger partial charge is 0.255 e. The molecule has 1 aromatic carbocycles. The molecule has 0 bridgehead atoms. The van der Waals surface area contributed by atoms with Crippen molar-refractivity contribution in [3.8, 4) is 17.4 Å². The van der Waals surface area contributed by atoms with Crippen LogP contribution in [0.3, 0.4) is 0 Å². The van der Waals surface area contributed by atoms with Gasteiger partial charge in [-0.15, -0.1) is 0 Å². The highest BCUT2D eigenvalue weighted by Crippen LogP contribution is 2.32. The predicted octanol–water partition coefficient (Wildman–Crippen LogP) is 2.57. The summed E-state index contributed by atoms with van der Waals surface area (Å²) in [6.45, 7) is 5.98. The molecule has 0 spiro atoms. The molecule has 2 aromatic heterocycles. The van der Waals surface area contributed by atoms with Gasteiger partial charge in [-0.25, -0.2) is 15.0 Å². The average molecular weight is 351 g/mol. The lowest BCUT2D eigenvalue weighted by Crippen LogP contribution is -2.13. The number of fused-ring (bicyclic) bond motifs is 1. The molecule has 0 atom stereocenters. The van der Waals surface area contributed by atoms with Crippen LogP contribution in [0.25, 0.3) is 5.95 Å². The van der Waals surface area contributed by atoms with E-state index < -0.39 is 0 Å². The van der Waals surface area contributed by atoms with Gasteiger partial charge < -0.3 is 14.8 Å². The lowest BCUT2D eigenvalue weighted by atomic mass is 10.2. The van der Waals surface area contributed by atoms with Crippen molar-refractivity contribution in [1.82, 2.24) is 19.5 Å². The lowest BCUT2D eigenvalue weighted by Gasteiger charge is -2.08. The Morgan fingerprint density at radius 2 is 1.85 bits per heavy atom. The molecule has 0 unspecified atom stereocenters. The number of rotatable bonds is 3. The van der Waals surface area contributed by atoms with E-state index in [0.717, 1.165) is 17.2 Å². The standard InChI is InChI=1S/C18H17N5O3/c1-10-11(2)23(12(3)21-10)18-19-7-14(8-20-18)22-17(24)13-4-5-15-16(6-13)26-9-25-15/h4-8H,9H2,1-3H3,(H,22,24). The van der Waals surface area contributed by atoms with Crippen molar-refractivity contribution in [2.75, 3.05) is 12.1 Å². The molecular formula is C18H17N5O3. The van der Waals surface area contributed by atoms with Crippen LogP contribution in [0.15, 0.2) is 30.6 Å². The number of amides is 1. The average Bonchev–Trinajstić information content (AvgIpc) is 3.19. The zero-order valence-electron chi connectivity index (χ0n) is 14.6. The molecule has 26 heavy (non-hydrogen) atoms. The van der Waals surface area contributed by atoms with Crippen molar-refractivity contribution in [1.29, 1.82) is 0 Å². The fourth-order valence-electron chi connectivity index (χ4n) is 2.82. The van der Waals surface area contributed by atoms with Gasteiger partial charge in [0.05, 0.1) is 23.8 Å². The van der Waals surface area contributed by atoms with E-state index >= 15 is 0 Å². The van der Waals surface area contributed by atoms with Crippen LogP contribution < -0.4 is 14.8 Å². The second-order valence-corrected chi connectivity index (χ2v) is 5.96. The molecular weight excluding hydrogens is 334 g/mol. The van der Waals surface area contributed by atoms with E-state index in [1.807, 2.05) is 25.3 Å². The van der Waals surface area contributed by atoms with Crippen molar-refractivity contribution < 1.29 is 14.3 Å². The molecule has 0 saturated carbocycles. The number of anilines is 1. The Labute approximate surface area is 149 Å². The maximum Gasteiger partial charge on any atom is 0.255 e. The summed E-state index contributed by atoms with van der Waals surface area (Å²) in [5, 5.41) is 2.78. The van der Waals surface area contributed by atoms with Gasteiger partial charge in [0.1, 0.15) is 5.82 Å². The molecule has 4 rings (SSSR count). The van der Waals surface area contributed by atoms with Gasteiger partial charge in [-0.05, 0) is 39.0 Å². The number of aryl methyl sites for hydroxylation is 2. The number of ether oxygens (including phenoxy) is 2. The van der Waals surface area contributed by atoms with E-state index in [9.17, 15) is 4.79 Å². The maximum atomic E-state index is 12.4. The van der Waals surface area contributed by atoms with Crippen molar-refractivity contribution in [3.63, 3.8) is 0 Å². The van der Waals surface area contributed by atoms with Gasteiger partial charge in [0.25, 0.3) is 5.91 Å². The summed E-state index contributed by atoms with van der Waals surface area (Å²) in [6.07, 6.45) is 3.14. The molecule has 0 radical (unpaired) electrons. The minimum Gasteiger partial charge on any atom is -0.454 e. The number of carbonyl (C=O) groups excluding carboxylic acids is 1. The SMILES string of the molecule is Cc1nc(C)n(-c2ncc(NC(=O)c3ccc4c(c3)OCO4)cn2)c1C. The quantitative estimate of drug-likeness (QED) is 0.780. The third-order valence-corrected chi connectivity index (χ3v) is 4.24. The fraction of sp³-hybridized carbons (Fsp3) is 0.222. The van der Waals surface area contributed by atoms with E-state index in [1.54, 1.807) is 30.6 Å². The van der Waals surface area contributed by atoms with Gasteiger partial charge >= 0.3 is 0 Å². The third kappa shape index (κ3) is 2.75. The third-order valence-electron chi connectivity index (χ3n) is 4.24. The van der Waals surface area contributed by atoms with Crippen molar-refractivity contribution in [2.24, 2.45) is 0 Å². The van der Waals surface area contributed by atoms with E-state index in [1.165, 1.54) is 0 Å². The highest BCUT2D eigenvalue weighted by atomic mass is 16.7. The number of hydrogen-bond acceptors (Lipinski definition) is 6.